The SMILES string of the molecule is CC(=O)Oc1cccc(C(=O)N2CCC(NC(=O)C(C)N3C(=O)c4ccccc4C3=O)CC2)c1. The van der Waals surface area contributed by atoms with E-state index in [1.54, 1.807) is 47.4 Å². The first kappa shape index (κ1) is 23.2. The normalized spacial score (nSPS) is 16.8. The van der Waals surface area contributed by atoms with Crippen LogP contribution in [0.1, 0.15) is 57.8 Å². The largest absolute Gasteiger partial charge is 0.427 e. The number of ether oxygens (including phenoxy) is 1. The minimum absolute atomic E-state index is 0.179. The molecule has 2 heterocycles. The van der Waals surface area contributed by atoms with E-state index in [0.29, 0.717) is 48.4 Å². The second-order valence-corrected chi connectivity index (χ2v) is 8.40. The van der Waals surface area contributed by atoms with Gasteiger partial charge in [0, 0.05) is 31.6 Å². The van der Waals surface area contributed by atoms with Crippen molar-refractivity contribution in [1.82, 2.24) is 15.1 Å². The molecule has 2 aliphatic heterocycles. The summed E-state index contributed by atoms with van der Waals surface area (Å²) in [6.45, 7) is 3.69. The van der Waals surface area contributed by atoms with Crippen LogP contribution in [0.2, 0.25) is 0 Å². The number of fused-ring (bicyclic) bond motifs is 1. The lowest BCUT2D eigenvalue weighted by molar-refractivity contribution is -0.132. The Morgan fingerprint density at radius 1 is 0.971 bits per heavy atom. The van der Waals surface area contributed by atoms with E-state index < -0.39 is 29.7 Å². The first-order chi connectivity index (χ1) is 16.3. The van der Waals surface area contributed by atoms with Crippen LogP contribution in [0.3, 0.4) is 0 Å². The zero-order valence-electron chi connectivity index (χ0n) is 18.9. The molecule has 34 heavy (non-hydrogen) atoms. The highest BCUT2D eigenvalue weighted by atomic mass is 16.5. The highest BCUT2D eigenvalue weighted by molar-refractivity contribution is 6.22. The molecule has 4 rings (SSSR count). The minimum atomic E-state index is -0.948. The molecule has 0 saturated carbocycles. The van der Waals surface area contributed by atoms with Crippen molar-refractivity contribution in [3.8, 4) is 5.75 Å². The van der Waals surface area contributed by atoms with Crippen molar-refractivity contribution < 1.29 is 28.7 Å². The average molecular weight is 463 g/mol. The molecule has 0 bridgehead atoms. The van der Waals surface area contributed by atoms with E-state index >= 15 is 0 Å². The van der Waals surface area contributed by atoms with Crippen molar-refractivity contribution in [2.24, 2.45) is 0 Å². The van der Waals surface area contributed by atoms with Crippen LogP contribution in [0.25, 0.3) is 0 Å². The Morgan fingerprint density at radius 2 is 1.59 bits per heavy atom. The Kier molecular flexibility index (Phi) is 6.45. The standard InChI is InChI=1S/C25H25N3O6/c1-15(28-24(32)20-8-3-4-9-21(20)25(28)33)22(30)26-18-10-12-27(13-11-18)23(31)17-6-5-7-19(14-17)34-16(2)29/h3-9,14-15,18H,10-13H2,1-2H3,(H,26,30). The number of likely N-dealkylation sites (tertiary alicyclic amines) is 1. The Morgan fingerprint density at radius 3 is 2.18 bits per heavy atom. The number of rotatable bonds is 5. The van der Waals surface area contributed by atoms with Crippen molar-refractivity contribution in [2.45, 2.75) is 38.8 Å². The summed E-state index contributed by atoms with van der Waals surface area (Å²) in [7, 11) is 0. The molecule has 1 atom stereocenters. The Hall–Kier alpha value is -4.01. The molecule has 9 nitrogen and oxygen atoms in total. The van der Waals surface area contributed by atoms with Crippen LogP contribution in [0.15, 0.2) is 48.5 Å². The van der Waals surface area contributed by atoms with Gasteiger partial charge < -0.3 is 15.0 Å². The number of benzene rings is 2. The topological polar surface area (TPSA) is 113 Å². The van der Waals surface area contributed by atoms with E-state index in [2.05, 4.69) is 5.32 Å². The van der Waals surface area contributed by atoms with Gasteiger partial charge in [0.1, 0.15) is 11.8 Å². The summed E-state index contributed by atoms with van der Waals surface area (Å²) in [5, 5.41) is 2.91. The third kappa shape index (κ3) is 4.54. The maximum Gasteiger partial charge on any atom is 0.308 e. The van der Waals surface area contributed by atoms with Crippen LogP contribution in [-0.4, -0.2) is 64.6 Å². The first-order valence-electron chi connectivity index (χ1n) is 11.1. The summed E-state index contributed by atoms with van der Waals surface area (Å²) < 4.78 is 5.04. The Bertz CT molecular complexity index is 1130. The van der Waals surface area contributed by atoms with Crippen molar-refractivity contribution in [2.75, 3.05) is 13.1 Å². The molecule has 0 radical (unpaired) electrons. The number of hydrogen-bond donors (Lipinski definition) is 1. The number of nitrogens with zero attached hydrogens (tertiary/aromatic N) is 2. The molecule has 2 aromatic carbocycles. The van der Waals surface area contributed by atoms with Crippen LogP contribution >= 0.6 is 0 Å². The van der Waals surface area contributed by atoms with Gasteiger partial charge in [0.15, 0.2) is 0 Å². The van der Waals surface area contributed by atoms with Gasteiger partial charge in [0.25, 0.3) is 17.7 Å². The van der Waals surface area contributed by atoms with Crippen molar-refractivity contribution in [1.29, 1.82) is 0 Å². The molecule has 0 aliphatic carbocycles. The summed E-state index contributed by atoms with van der Waals surface area (Å²) in [5.41, 5.74) is 1.02. The summed E-state index contributed by atoms with van der Waals surface area (Å²) >= 11 is 0. The molecule has 1 saturated heterocycles. The van der Waals surface area contributed by atoms with E-state index in [4.69, 9.17) is 4.74 Å². The van der Waals surface area contributed by atoms with Gasteiger partial charge in [0.05, 0.1) is 11.1 Å². The first-order valence-corrected chi connectivity index (χ1v) is 11.1. The molecule has 1 fully saturated rings. The molecule has 0 spiro atoms. The average Bonchev–Trinajstić information content (AvgIpc) is 3.08. The van der Waals surface area contributed by atoms with E-state index in [1.807, 2.05) is 0 Å². The van der Waals surface area contributed by atoms with Crippen LogP contribution in [-0.2, 0) is 9.59 Å². The number of esters is 1. The fourth-order valence-electron chi connectivity index (χ4n) is 4.27. The molecule has 2 aromatic rings. The quantitative estimate of drug-likeness (QED) is 0.412. The summed E-state index contributed by atoms with van der Waals surface area (Å²) in [6, 6.07) is 11.8. The predicted octanol–water partition coefficient (Wildman–Crippen LogP) is 2.02. The minimum Gasteiger partial charge on any atom is -0.427 e. The molecule has 1 unspecified atom stereocenters. The van der Waals surface area contributed by atoms with Crippen molar-refractivity contribution >= 4 is 29.6 Å². The second kappa shape index (κ2) is 9.46. The number of carbonyl (C=O) groups excluding carboxylic acids is 5. The van der Waals surface area contributed by atoms with E-state index in [0.717, 1.165) is 4.90 Å². The zero-order valence-corrected chi connectivity index (χ0v) is 18.9. The van der Waals surface area contributed by atoms with E-state index in [9.17, 15) is 24.0 Å². The number of amides is 4. The van der Waals surface area contributed by atoms with E-state index in [1.165, 1.54) is 19.9 Å². The third-order valence-corrected chi connectivity index (χ3v) is 6.06. The summed E-state index contributed by atoms with van der Waals surface area (Å²) in [4.78, 5) is 64.8. The fraction of sp³-hybridized carbons (Fsp3) is 0.320. The van der Waals surface area contributed by atoms with Gasteiger partial charge in [0.2, 0.25) is 5.91 Å². The molecular formula is C25H25N3O6. The smallest absolute Gasteiger partial charge is 0.308 e. The van der Waals surface area contributed by atoms with Gasteiger partial charge in [-0.25, -0.2) is 0 Å². The summed E-state index contributed by atoms with van der Waals surface area (Å²) in [6.07, 6.45) is 1.08. The van der Waals surface area contributed by atoms with Crippen LogP contribution in [0, 0.1) is 0 Å². The number of hydrogen-bond acceptors (Lipinski definition) is 6. The third-order valence-electron chi connectivity index (χ3n) is 6.06. The molecule has 2 aliphatic rings. The number of nitrogens with one attached hydrogen (secondary N) is 1. The van der Waals surface area contributed by atoms with Gasteiger partial charge in [-0.15, -0.1) is 0 Å². The lowest BCUT2D eigenvalue weighted by atomic mass is 10.0. The fourth-order valence-corrected chi connectivity index (χ4v) is 4.27. The number of imide groups is 1. The lowest BCUT2D eigenvalue weighted by Crippen LogP contribution is -2.53. The number of carbonyl (C=O) groups is 5. The zero-order chi connectivity index (χ0) is 24.4. The van der Waals surface area contributed by atoms with Gasteiger partial charge in [-0.3, -0.25) is 28.9 Å². The monoisotopic (exact) mass is 463 g/mol. The predicted molar refractivity (Wildman–Crippen MR) is 121 cm³/mol. The highest BCUT2D eigenvalue weighted by Crippen LogP contribution is 2.25. The van der Waals surface area contributed by atoms with Crippen molar-refractivity contribution in [3.63, 3.8) is 0 Å². The lowest BCUT2D eigenvalue weighted by Gasteiger charge is -2.33. The van der Waals surface area contributed by atoms with Crippen molar-refractivity contribution in [3.05, 3.63) is 65.2 Å². The van der Waals surface area contributed by atoms with Crippen LogP contribution < -0.4 is 10.1 Å². The second-order valence-electron chi connectivity index (χ2n) is 8.40. The molecule has 1 N–H and O–H groups in total. The highest BCUT2D eigenvalue weighted by Gasteiger charge is 2.41. The molecule has 176 valence electrons. The molecule has 0 aromatic heterocycles. The Balaban J connectivity index is 1.32. The molecule has 4 amide bonds. The van der Waals surface area contributed by atoms with Gasteiger partial charge in [-0.1, -0.05) is 18.2 Å². The van der Waals surface area contributed by atoms with Crippen LogP contribution in [0.4, 0.5) is 0 Å². The summed E-state index contributed by atoms with van der Waals surface area (Å²) in [5.74, 6) is -1.69. The van der Waals surface area contributed by atoms with E-state index in [-0.39, 0.29) is 11.9 Å². The molecule has 9 heteroatoms. The maximum absolute atomic E-state index is 12.8. The van der Waals surface area contributed by atoms with Gasteiger partial charge in [-0.05, 0) is 50.1 Å². The van der Waals surface area contributed by atoms with Crippen LogP contribution in [0.5, 0.6) is 5.75 Å². The van der Waals surface area contributed by atoms with Gasteiger partial charge in [-0.2, -0.15) is 0 Å². The maximum atomic E-state index is 12.8. The molecular weight excluding hydrogens is 438 g/mol. The van der Waals surface area contributed by atoms with Gasteiger partial charge >= 0.3 is 5.97 Å². The number of piperidine rings is 1. The Labute approximate surface area is 196 Å².